The molecule has 1 atom stereocenters. The molecule has 4 rings (SSSR count). The van der Waals surface area contributed by atoms with Gasteiger partial charge < -0.3 is 4.74 Å². The van der Waals surface area contributed by atoms with Gasteiger partial charge in [0.05, 0.1) is 6.26 Å². The lowest BCUT2D eigenvalue weighted by molar-refractivity contribution is 0.165. The fourth-order valence-corrected chi connectivity index (χ4v) is 2.80. The van der Waals surface area contributed by atoms with Gasteiger partial charge in [-0.3, -0.25) is 0 Å². The molecular weight excluding hydrogens is 208 g/mol. The van der Waals surface area contributed by atoms with Crippen molar-refractivity contribution in [2.24, 2.45) is 0 Å². The van der Waals surface area contributed by atoms with Crippen molar-refractivity contribution in [2.45, 2.75) is 12.5 Å². The summed E-state index contributed by atoms with van der Waals surface area (Å²) in [5, 5.41) is 2.65. The second-order valence-corrected chi connectivity index (χ2v) is 4.60. The smallest absolute Gasteiger partial charge is 0.145 e. The molecule has 1 aromatic carbocycles. The van der Waals surface area contributed by atoms with E-state index in [1.54, 1.807) is 0 Å². The number of hydrogen-bond acceptors (Lipinski definition) is 1. The summed E-state index contributed by atoms with van der Waals surface area (Å²) in [5.74, 6) is 0. The molecule has 0 radical (unpaired) electrons. The van der Waals surface area contributed by atoms with Crippen LogP contribution in [0.25, 0.3) is 18.2 Å². The van der Waals surface area contributed by atoms with Crippen LogP contribution in [-0.2, 0) is 4.74 Å². The monoisotopic (exact) mass is 220 g/mol. The highest BCUT2D eigenvalue weighted by Crippen LogP contribution is 2.31. The van der Waals surface area contributed by atoms with Crippen LogP contribution >= 0.6 is 0 Å². The zero-order chi connectivity index (χ0) is 11.2. The van der Waals surface area contributed by atoms with Crippen LogP contribution in [-0.4, -0.2) is 0 Å². The van der Waals surface area contributed by atoms with Gasteiger partial charge in [-0.1, -0.05) is 42.5 Å². The highest BCUT2D eigenvalue weighted by atomic mass is 16.5. The van der Waals surface area contributed by atoms with Gasteiger partial charge in [0.15, 0.2) is 0 Å². The summed E-state index contributed by atoms with van der Waals surface area (Å²) in [5.41, 5.74) is 3.96. The summed E-state index contributed by atoms with van der Waals surface area (Å²) >= 11 is 0. The van der Waals surface area contributed by atoms with E-state index >= 15 is 0 Å². The molecule has 2 aliphatic carbocycles. The van der Waals surface area contributed by atoms with Crippen LogP contribution < -0.4 is 10.4 Å². The van der Waals surface area contributed by atoms with Crippen molar-refractivity contribution < 1.29 is 4.74 Å². The molecule has 1 aliphatic heterocycles. The lowest BCUT2D eigenvalue weighted by atomic mass is 9.90. The minimum atomic E-state index is 0.124. The van der Waals surface area contributed by atoms with E-state index in [1.807, 2.05) is 6.26 Å². The maximum absolute atomic E-state index is 5.76. The molecule has 1 unspecified atom stereocenters. The molecule has 3 aliphatic rings. The van der Waals surface area contributed by atoms with Crippen molar-refractivity contribution in [2.75, 3.05) is 0 Å². The molecule has 0 N–H and O–H groups in total. The highest BCUT2D eigenvalue weighted by molar-refractivity contribution is 5.69. The quantitative estimate of drug-likeness (QED) is 0.651. The molecule has 0 saturated carbocycles. The normalized spacial score (nSPS) is 22.6. The van der Waals surface area contributed by atoms with E-state index in [-0.39, 0.29) is 6.10 Å². The zero-order valence-electron chi connectivity index (χ0n) is 9.39. The molecule has 1 heterocycles. The second-order valence-electron chi connectivity index (χ2n) is 4.60. The molecule has 1 heteroatoms. The molecular formula is C16H12O. The minimum absolute atomic E-state index is 0.124. The summed E-state index contributed by atoms with van der Waals surface area (Å²) in [7, 11) is 0. The lowest BCUT2D eigenvalue weighted by Crippen LogP contribution is -2.33. The Bertz CT molecular complexity index is 702. The molecule has 0 bridgehead atoms. The van der Waals surface area contributed by atoms with Gasteiger partial charge in [-0.25, -0.2) is 0 Å². The highest BCUT2D eigenvalue weighted by Gasteiger charge is 2.23. The first-order valence-corrected chi connectivity index (χ1v) is 5.96. The molecule has 0 spiro atoms. The third-order valence-corrected chi connectivity index (χ3v) is 3.64. The zero-order valence-corrected chi connectivity index (χ0v) is 9.39. The van der Waals surface area contributed by atoms with Crippen molar-refractivity contribution in [1.82, 2.24) is 0 Å². The standard InChI is InChI=1S/C16H12O/c1-3-11-6-9-15-14(13(11)5-1)8-7-12-4-2-10-17-16(12)15/h1-3,5-10,16H,4H2. The molecule has 17 heavy (non-hydrogen) atoms. The third-order valence-electron chi connectivity index (χ3n) is 3.64. The lowest BCUT2D eigenvalue weighted by Gasteiger charge is -2.26. The number of fused-ring (bicyclic) bond motifs is 5. The van der Waals surface area contributed by atoms with Gasteiger partial charge in [-0.15, -0.1) is 0 Å². The number of allylic oxidation sites excluding steroid dienone is 3. The number of benzene rings is 1. The van der Waals surface area contributed by atoms with Crippen molar-refractivity contribution >= 4 is 18.2 Å². The van der Waals surface area contributed by atoms with Crippen LogP contribution in [0.2, 0.25) is 0 Å². The summed E-state index contributed by atoms with van der Waals surface area (Å²) in [6.45, 7) is 0. The Hall–Kier alpha value is -2.02. The maximum atomic E-state index is 5.76. The summed E-state index contributed by atoms with van der Waals surface area (Å²) < 4.78 is 5.76. The average Bonchev–Trinajstić information content (AvgIpc) is 2.86. The van der Waals surface area contributed by atoms with Crippen molar-refractivity contribution in [3.8, 4) is 0 Å². The van der Waals surface area contributed by atoms with E-state index in [4.69, 9.17) is 4.74 Å². The van der Waals surface area contributed by atoms with E-state index in [0.717, 1.165) is 6.42 Å². The molecule has 0 aromatic heterocycles. The summed E-state index contributed by atoms with van der Waals surface area (Å²) in [6, 6.07) is 4.39. The van der Waals surface area contributed by atoms with E-state index in [1.165, 1.54) is 27.1 Å². The molecule has 0 saturated heterocycles. The first-order chi connectivity index (χ1) is 8.43. The van der Waals surface area contributed by atoms with Crippen LogP contribution in [0.3, 0.4) is 0 Å². The third kappa shape index (κ3) is 1.19. The van der Waals surface area contributed by atoms with Crippen LogP contribution in [0.15, 0.2) is 42.2 Å². The molecule has 1 aromatic rings. The Morgan fingerprint density at radius 3 is 3.06 bits per heavy atom. The van der Waals surface area contributed by atoms with E-state index in [2.05, 4.69) is 48.6 Å². The second kappa shape index (κ2) is 3.24. The Kier molecular flexibility index (Phi) is 1.72. The molecule has 0 fully saturated rings. The largest absolute Gasteiger partial charge is 0.489 e. The van der Waals surface area contributed by atoms with Crippen molar-refractivity contribution in [1.29, 1.82) is 0 Å². The summed E-state index contributed by atoms with van der Waals surface area (Å²) in [4.78, 5) is 0. The topological polar surface area (TPSA) is 9.23 Å². The fourth-order valence-electron chi connectivity index (χ4n) is 2.80. The fraction of sp³-hybridized carbons (Fsp3) is 0.125. The average molecular weight is 220 g/mol. The Morgan fingerprint density at radius 2 is 2.06 bits per heavy atom. The predicted octanol–water partition coefficient (Wildman–Crippen LogP) is 2.19. The van der Waals surface area contributed by atoms with Gasteiger partial charge in [0.1, 0.15) is 6.10 Å². The first kappa shape index (κ1) is 9.06. The molecule has 82 valence electrons. The van der Waals surface area contributed by atoms with Crippen LogP contribution in [0.5, 0.6) is 0 Å². The Balaban J connectivity index is 2.04. The number of rotatable bonds is 0. The van der Waals surface area contributed by atoms with Gasteiger partial charge in [0.25, 0.3) is 0 Å². The minimum Gasteiger partial charge on any atom is -0.489 e. The summed E-state index contributed by atoms with van der Waals surface area (Å²) in [6.07, 6.45) is 15.9. The van der Waals surface area contributed by atoms with E-state index in [0.29, 0.717) is 0 Å². The Labute approximate surface area is 99.7 Å². The molecule has 1 nitrogen and oxygen atoms in total. The predicted molar refractivity (Wildman–Crippen MR) is 69.3 cm³/mol. The van der Waals surface area contributed by atoms with Gasteiger partial charge in [0, 0.05) is 5.56 Å². The van der Waals surface area contributed by atoms with E-state index in [9.17, 15) is 0 Å². The van der Waals surface area contributed by atoms with E-state index < -0.39 is 0 Å². The Morgan fingerprint density at radius 1 is 1.06 bits per heavy atom. The van der Waals surface area contributed by atoms with Gasteiger partial charge in [-0.2, -0.15) is 0 Å². The number of ether oxygens (including phenoxy) is 1. The number of hydrogen-bond donors (Lipinski definition) is 0. The SMILES string of the molecule is C1=Cc2ccc3c(c2=C1)=CC=C1CC=COC13. The van der Waals surface area contributed by atoms with Crippen LogP contribution in [0.1, 0.15) is 23.7 Å². The van der Waals surface area contributed by atoms with Crippen molar-refractivity contribution in [3.05, 3.63) is 63.8 Å². The van der Waals surface area contributed by atoms with Gasteiger partial charge in [0.2, 0.25) is 0 Å². The van der Waals surface area contributed by atoms with Crippen LogP contribution in [0.4, 0.5) is 0 Å². The first-order valence-electron chi connectivity index (χ1n) is 5.96. The van der Waals surface area contributed by atoms with Crippen LogP contribution in [0, 0.1) is 0 Å². The van der Waals surface area contributed by atoms with Gasteiger partial charge in [-0.05, 0) is 34.1 Å². The maximum Gasteiger partial charge on any atom is 0.145 e. The van der Waals surface area contributed by atoms with Gasteiger partial charge >= 0.3 is 0 Å². The van der Waals surface area contributed by atoms with Crippen molar-refractivity contribution in [3.63, 3.8) is 0 Å². The molecule has 0 amide bonds.